The van der Waals surface area contributed by atoms with Crippen LogP contribution in [-0.4, -0.2) is 55.8 Å². The zero-order valence-electron chi connectivity index (χ0n) is 21.5. The van der Waals surface area contributed by atoms with E-state index in [1.54, 1.807) is 30.3 Å². The van der Waals surface area contributed by atoms with Gasteiger partial charge in [-0.05, 0) is 41.8 Å². The Labute approximate surface area is 228 Å². The number of aliphatic hydroxyl groups excluding tert-OH is 1. The molecule has 4 aromatic rings. The van der Waals surface area contributed by atoms with Crippen LogP contribution in [0.5, 0.6) is 5.75 Å². The maximum absolute atomic E-state index is 13.4. The van der Waals surface area contributed by atoms with Crippen molar-refractivity contribution in [3.63, 3.8) is 0 Å². The molecule has 0 fully saturated rings. The van der Waals surface area contributed by atoms with Gasteiger partial charge in [-0.3, -0.25) is 19.2 Å². The molecule has 0 bridgehead atoms. The molecule has 40 heavy (non-hydrogen) atoms. The van der Waals surface area contributed by atoms with E-state index >= 15 is 0 Å². The number of ketones is 2. The van der Waals surface area contributed by atoms with Crippen LogP contribution in [0.3, 0.4) is 0 Å². The molecular weight excluding hydrogens is 514 g/mol. The number of carbonyl (C=O) groups is 4. The van der Waals surface area contributed by atoms with Crippen molar-refractivity contribution in [2.45, 2.75) is 38.5 Å². The van der Waals surface area contributed by atoms with E-state index in [-0.39, 0.29) is 42.5 Å². The van der Waals surface area contributed by atoms with E-state index in [9.17, 15) is 24.3 Å². The quantitative estimate of drug-likeness (QED) is 0.314. The van der Waals surface area contributed by atoms with Crippen LogP contribution in [0.2, 0.25) is 0 Å². The van der Waals surface area contributed by atoms with E-state index in [1.165, 1.54) is 23.7 Å². The van der Waals surface area contributed by atoms with Crippen molar-refractivity contribution in [1.29, 1.82) is 0 Å². The van der Waals surface area contributed by atoms with Crippen molar-refractivity contribution in [2.75, 3.05) is 6.61 Å². The number of nitrogens with zero attached hydrogens (tertiary/aromatic N) is 3. The predicted molar refractivity (Wildman–Crippen MR) is 141 cm³/mol. The Morgan fingerprint density at radius 1 is 1.07 bits per heavy atom. The lowest BCUT2D eigenvalue weighted by Crippen LogP contribution is -2.35. The number of aliphatic hydroxyl groups is 1. The van der Waals surface area contributed by atoms with Gasteiger partial charge in [0.15, 0.2) is 17.2 Å². The highest BCUT2D eigenvalue weighted by molar-refractivity contribution is 5.98. The Kier molecular flexibility index (Phi) is 6.35. The fourth-order valence-corrected chi connectivity index (χ4v) is 5.15. The molecule has 11 nitrogen and oxygen atoms in total. The summed E-state index contributed by atoms with van der Waals surface area (Å²) >= 11 is 0. The summed E-state index contributed by atoms with van der Waals surface area (Å²) in [6.07, 6.45) is 1.18. The van der Waals surface area contributed by atoms with Crippen molar-refractivity contribution < 1.29 is 29.0 Å². The van der Waals surface area contributed by atoms with Gasteiger partial charge in [-0.1, -0.05) is 18.2 Å². The second-order valence-corrected chi connectivity index (χ2v) is 9.95. The predicted octanol–water partition coefficient (Wildman–Crippen LogP) is 1.75. The molecular formula is C29H25N5O6. The first-order valence-corrected chi connectivity index (χ1v) is 12.8. The molecule has 0 unspecified atom stereocenters. The van der Waals surface area contributed by atoms with E-state index in [1.807, 2.05) is 12.1 Å². The first-order chi connectivity index (χ1) is 19.3. The topological polar surface area (TPSA) is 152 Å². The van der Waals surface area contributed by atoms with Crippen molar-refractivity contribution in [3.8, 4) is 5.75 Å². The summed E-state index contributed by atoms with van der Waals surface area (Å²) in [7, 11) is 0. The molecule has 1 aliphatic heterocycles. The zero-order valence-corrected chi connectivity index (χ0v) is 21.5. The van der Waals surface area contributed by atoms with Gasteiger partial charge in [0.2, 0.25) is 0 Å². The van der Waals surface area contributed by atoms with Gasteiger partial charge in [-0.2, -0.15) is 5.10 Å². The first kappa shape index (κ1) is 25.4. The number of carbonyl (C=O) groups excluding carboxylic acids is 4. The summed E-state index contributed by atoms with van der Waals surface area (Å²) in [6, 6.07) is 12.8. The minimum atomic E-state index is -0.879. The Morgan fingerprint density at radius 3 is 2.75 bits per heavy atom. The molecule has 11 heteroatoms. The van der Waals surface area contributed by atoms with Crippen LogP contribution in [-0.2, 0) is 24.2 Å². The van der Waals surface area contributed by atoms with E-state index in [4.69, 9.17) is 4.74 Å². The third kappa shape index (κ3) is 4.71. The summed E-state index contributed by atoms with van der Waals surface area (Å²) in [4.78, 5) is 54.3. The van der Waals surface area contributed by atoms with Crippen molar-refractivity contribution in [3.05, 3.63) is 93.9 Å². The van der Waals surface area contributed by atoms with Gasteiger partial charge in [0.25, 0.3) is 11.8 Å². The normalized spacial score (nSPS) is 17.6. The molecule has 0 saturated carbocycles. The summed E-state index contributed by atoms with van der Waals surface area (Å²) < 4.78 is 6.75. The van der Waals surface area contributed by atoms with Crippen LogP contribution >= 0.6 is 0 Å². The highest BCUT2D eigenvalue weighted by Crippen LogP contribution is 2.32. The molecule has 0 saturated heterocycles. The number of amides is 2. The lowest BCUT2D eigenvalue weighted by atomic mass is 10.0. The maximum atomic E-state index is 13.4. The number of fused-ring (bicyclic) bond motifs is 3. The van der Waals surface area contributed by atoms with Crippen LogP contribution in [0.25, 0.3) is 5.65 Å². The lowest BCUT2D eigenvalue weighted by Gasteiger charge is -2.19. The number of hydrogen-bond acceptors (Lipinski definition) is 8. The molecule has 6 rings (SSSR count). The third-order valence-electron chi connectivity index (χ3n) is 7.16. The van der Waals surface area contributed by atoms with Gasteiger partial charge < -0.3 is 20.5 Å². The van der Waals surface area contributed by atoms with Gasteiger partial charge in [0.1, 0.15) is 23.7 Å². The van der Waals surface area contributed by atoms with Crippen LogP contribution in [0.4, 0.5) is 0 Å². The molecule has 0 radical (unpaired) electrons. The van der Waals surface area contributed by atoms with Crippen LogP contribution in [0.1, 0.15) is 66.6 Å². The SMILES string of the molecule is CC(=O)c1ccc2c(c1)C[C@@H](O)[C@@H]2NC(=O)c1cc(C(=O)NCc2ccc3c(c2)CC(=O)CO3)nc2ccnn12. The first-order valence-electron chi connectivity index (χ1n) is 12.8. The molecule has 1 aliphatic carbocycles. The van der Waals surface area contributed by atoms with E-state index in [2.05, 4.69) is 20.7 Å². The monoisotopic (exact) mass is 539 g/mol. The van der Waals surface area contributed by atoms with Crippen LogP contribution < -0.4 is 15.4 Å². The molecule has 202 valence electrons. The number of hydrogen-bond donors (Lipinski definition) is 3. The largest absolute Gasteiger partial charge is 0.486 e. The number of aromatic nitrogens is 3. The number of rotatable bonds is 6. The highest BCUT2D eigenvalue weighted by atomic mass is 16.5. The van der Waals surface area contributed by atoms with E-state index in [0.717, 1.165) is 22.3 Å². The minimum absolute atomic E-state index is 0.00720. The Bertz CT molecular complexity index is 1710. The van der Waals surface area contributed by atoms with Crippen molar-refractivity contribution in [1.82, 2.24) is 25.2 Å². The molecule has 3 N–H and O–H groups in total. The summed E-state index contributed by atoms with van der Waals surface area (Å²) in [5.74, 6) is -0.466. The second kappa shape index (κ2) is 10.0. The van der Waals surface area contributed by atoms with E-state index < -0.39 is 24.0 Å². The molecule has 2 aliphatic rings. The van der Waals surface area contributed by atoms with Gasteiger partial charge >= 0.3 is 0 Å². The maximum Gasteiger partial charge on any atom is 0.270 e. The Hall–Kier alpha value is -4.90. The number of ether oxygens (including phenoxy) is 1. The van der Waals surface area contributed by atoms with E-state index in [0.29, 0.717) is 23.4 Å². The molecule has 2 aromatic carbocycles. The number of Topliss-reactive ketones (excluding diaryl/α,β-unsaturated/α-hetero) is 2. The third-order valence-corrected chi connectivity index (χ3v) is 7.16. The Balaban J connectivity index is 1.21. The molecule has 2 aromatic heterocycles. The number of benzene rings is 2. The zero-order chi connectivity index (χ0) is 28.0. The van der Waals surface area contributed by atoms with Crippen LogP contribution in [0, 0.1) is 0 Å². The standard InChI is InChI=1S/C29H25N5O6/c1-15(35)17-3-4-21-18(9-17)11-24(37)27(21)33-29(39)23-12-22(32-26-6-7-31-34(23)26)28(38)30-13-16-2-5-25-19(8-16)10-20(36)14-40-25/h2-9,12,24,27,37H,10-11,13-14H2,1H3,(H,30,38)(H,33,39)/t24-,27-/m1/s1. The second-order valence-electron chi connectivity index (χ2n) is 9.95. The van der Waals surface area contributed by atoms with Crippen molar-refractivity contribution >= 4 is 29.0 Å². The molecule has 0 spiro atoms. The highest BCUT2D eigenvalue weighted by Gasteiger charge is 2.33. The summed E-state index contributed by atoms with van der Waals surface area (Å²) in [5, 5.41) is 20.5. The summed E-state index contributed by atoms with van der Waals surface area (Å²) in [6.45, 7) is 1.72. The van der Waals surface area contributed by atoms with Crippen molar-refractivity contribution in [2.24, 2.45) is 0 Å². The molecule has 2 amide bonds. The minimum Gasteiger partial charge on any atom is -0.486 e. The average molecular weight is 540 g/mol. The number of nitrogens with one attached hydrogen (secondary N) is 2. The lowest BCUT2D eigenvalue weighted by molar-refractivity contribution is -0.121. The van der Waals surface area contributed by atoms with Gasteiger partial charge in [0, 0.05) is 42.6 Å². The summed E-state index contributed by atoms with van der Waals surface area (Å²) in [5.41, 5.74) is 4.02. The smallest absolute Gasteiger partial charge is 0.270 e. The molecule has 2 atom stereocenters. The van der Waals surface area contributed by atoms with Gasteiger partial charge in [-0.15, -0.1) is 0 Å². The fraction of sp³-hybridized carbons (Fsp3) is 0.241. The molecule has 3 heterocycles. The van der Waals surface area contributed by atoms with Crippen LogP contribution in [0.15, 0.2) is 54.7 Å². The fourth-order valence-electron chi connectivity index (χ4n) is 5.15. The average Bonchev–Trinajstić information content (AvgIpc) is 3.54. The van der Waals surface area contributed by atoms with Gasteiger partial charge in [0.05, 0.1) is 18.3 Å². The Morgan fingerprint density at radius 2 is 1.93 bits per heavy atom. The van der Waals surface area contributed by atoms with Gasteiger partial charge in [-0.25, -0.2) is 9.50 Å².